The Kier molecular flexibility index (Phi) is 3.42. The monoisotopic (exact) mass is 282 g/mol. The Balaban J connectivity index is 1.96. The van der Waals surface area contributed by atoms with Crippen LogP contribution in [0, 0.1) is 17.7 Å². The third-order valence-corrected chi connectivity index (χ3v) is 4.15. The maximum atomic E-state index is 13.0. The number of carbonyl (C=O) groups is 2. The third kappa shape index (κ3) is 2.40. The molecule has 106 valence electrons. The molecule has 0 fully saturated rings. The molecule has 0 radical (unpaired) electrons. The first kappa shape index (κ1) is 13.7. The van der Waals surface area contributed by atoms with E-state index in [0.29, 0.717) is 17.6 Å². The number of allylic oxidation sites excluding steroid dienone is 6. The van der Waals surface area contributed by atoms with Gasteiger partial charge < -0.3 is 0 Å². The van der Waals surface area contributed by atoms with Gasteiger partial charge in [-0.15, -0.1) is 0 Å². The Morgan fingerprint density at radius 1 is 0.952 bits per heavy atom. The van der Waals surface area contributed by atoms with Crippen molar-refractivity contribution in [1.82, 2.24) is 0 Å². The predicted molar refractivity (Wildman–Crippen MR) is 78.1 cm³/mol. The van der Waals surface area contributed by atoms with Gasteiger partial charge in [0.2, 0.25) is 0 Å². The van der Waals surface area contributed by atoms with Crippen LogP contribution in [-0.2, 0) is 16.0 Å². The molecule has 0 bridgehead atoms. The summed E-state index contributed by atoms with van der Waals surface area (Å²) in [5.41, 5.74) is 1.92. The summed E-state index contributed by atoms with van der Waals surface area (Å²) in [6.45, 7) is 1.71. The van der Waals surface area contributed by atoms with E-state index in [1.54, 1.807) is 31.2 Å². The van der Waals surface area contributed by atoms with Gasteiger partial charge in [-0.25, -0.2) is 4.39 Å². The minimum Gasteiger partial charge on any atom is -0.294 e. The molecule has 2 aliphatic carbocycles. The minimum atomic E-state index is -0.387. The van der Waals surface area contributed by atoms with Crippen molar-refractivity contribution in [1.29, 1.82) is 0 Å². The number of hydrogen-bond donors (Lipinski definition) is 0. The molecule has 0 heterocycles. The van der Waals surface area contributed by atoms with E-state index in [4.69, 9.17) is 0 Å². The molecular formula is C18H15FO2. The van der Waals surface area contributed by atoms with Crippen molar-refractivity contribution in [2.24, 2.45) is 11.8 Å². The van der Waals surface area contributed by atoms with Gasteiger partial charge in [0, 0.05) is 12.0 Å². The lowest BCUT2D eigenvalue weighted by molar-refractivity contribution is -0.127. The van der Waals surface area contributed by atoms with Gasteiger partial charge >= 0.3 is 0 Å². The highest BCUT2D eigenvalue weighted by molar-refractivity contribution is 6.15. The number of halogens is 1. The van der Waals surface area contributed by atoms with Gasteiger partial charge in [-0.3, -0.25) is 9.59 Å². The van der Waals surface area contributed by atoms with Gasteiger partial charge in [0.05, 0.1) is 11.8 Å². The molecule has 0 amide bonds. The van der Waals surface area contributed by atoms with Gasteiger partial charge in [-0.2, -0.15) is 0 Å². The molecule has 1 aromatic rings. The minimum absolute atomic E-state index is 0.00188. The molecule has 0 aromatic heterocycles. The van der Waals surface area contributed by atoms with E-state index in [9.17, 15) is 14.0 Å². The molecule has 2 unspecified atom stereocenters. The van der Waals surface area contributed by atoms with Crippen LogP contribution in [0.2, 0.25) is 0 Å². The average Bonchev–Trinajstić information content (AvgIpc) is 2.51. The van der Waals surface area contributed by atoms with Crippen LogP contribution in [0.4, 0.5) is 4.39 Å². The Bertz CT molecular complexity index is 692. The summed E-state index contributed by atoms with van der Waals surface area (Å²) in [6.07, 6.45) is 7.58. The molecule has 0 saturated carbocycles. The summed E-state index contributed by atoms with van der Waals surface area (Å²) in [5, 5.41) is 0. The maximum Gasteiger partial charge on any atom is 0.167 e. The van der Waals surface area contributed by atoms with Crippen LogP contribution in [-0.4, -0.2) is 11.6 Å². The van der Waals surface area contributed by atoms with Gasteiger partial charge in [0.15, 0.2) is 11.6 Å². The normalized spacial score (nSPS) is 24.5. The van der Waals surface area contributed by atoms with Gasteiger partial charge in [-0.1, -0.05) is 36.4 Å². The van der Waals surface area contributed by atoms with Crippen molar-refractivity contribution in [3.63, 3.8) is 0 Å². The molecule has 3 rings (SSSR count). The smallest absolute Gasteiger partial charge is 0.167 e. The number of hydrogen-bond acceptors (Lipinski definition) is 2. The standard InChI is InChI=1S/C18H15FO2/c1-11-16(10-12-6-8-13(19)9-7-12)18(21)15-5-3-2-4-14(15)17(11)20/h2-9,14-15H,10H2,1H3. The van der Waals surface area contributed by atoms with Crippen molar-refractivity contribution in [2.75, 3.05) is 0 Å². The molecule has 0 N–H and O–H groups in total. The molecule has 3 heteroatoms. The first-order valence-electron chi connectivity index (χ1n) is 6.95. The van der Waals surface area contributed by atoms with Crippen molar-refractivity contribution < 1.29 is 14.0 Å². The molecular weight excluding hydrogens is 267 g/mol. The molecule has 2 aliphatic rings. The lowest BCUT2D eigenvalue weighted by atomic mass is 9.71. The fraction of sp³-hybridized carbons (Fsp3) is 0.222. The van der Waals surface area contributed by atoms with Crippen molar-refractivity contribution in [3.05, 3.63) is 71.1 Å². The molecule has 21 heavy (non-hydrogen) atoms. The van der Waals surface area contributed by atoms with Gasteiger partial charge in [0.25, 0.3) is 0 Å². The fourth-order valence-electron chi connectivity index (χ4n) is 2.92. The van der Waals surface area contributed by atoms with Gasteiger partial charge in [-0.05, 0) is 30.2 Å². The first-order valence-corrected chi connectivity index (χ1v) is 6.95. The quantitative estimate of drug-likeness (QED) is 0.834. The van der Waals surface area contributed by atoms with Crippen LogP contribution >= 0.6 is 0 Å². The summed E-state index contributed by atoms with van der Waals surface area (Å²) < 4.78 is 13.0. The lowest BCUT2D eigenvalue weighted by Gasteiger charge is -2.29. The van der Waals surface area contributed by atoms with Crippen molar-refractivity contribution >= 4 is 11.6 Å². The highest BCUT2D eigenvalue weighted by Gasteiger charge is 2.39. The first-order chi connectivity index (χ1) is 10.1. The van der Waals surface area contributed by atoms with Crippen LogP contribution in [0.3, 0.4) is 0 Å². The number of Topliss-reactive ketones (excluding diaryl/α,β-unsaturated/α-hetero) is 2. The SMILES string of the molecule is CC1=C(Cc2ccc(F)cc2)C(=O)C2C=CC=CC2C1=O. The largest absolute Gasteiger partial charge is 0.294 e. The summed E-state index contributed by atoms with van der Waals surface area (Å²) >= 11 is 0. The second-order valence-electron chi connectivity index (χ2n) is 5.46. The second-order valence-corrected chi connectivity index (χ2v) is 5.46. The van der Waals surface area contributed by atoms with Crippen LogP contribution in [0.15, 0.2) is 59.7 Å². The van der Waals surface area contributed by atoms with Crippen LogP contribution in [0.25, 0.3) is 0 Å². The highest BCUT2D eigenvalue weighted by Crippen LogP contribution is 2.34. The number of ketones is 2. The Morgan fingerprint density at radius 3 is 2.14 bits per heavy atom. The molecule has 1 aromatic carbocycles. The summed E-state index contributed by atoms with van der Waals surface area (Å²) in [5.74, 6) is -1.05. The van der Waals surface area contributed by atoms with Crippen molar-refractivity contribution in [2.45, 2.75) is 13.3 Å². The van der Waals surface area contributed by atoms with E-state index in [1.165, 1.54) is 12.1 Å². The predicted octanol–water partition coefficient (Wildman–Crippen LogP) is 3.19. The lowest BCUT2D eigenvalue weighted by Crippen LogP contribution is -2.36. The number of carbonyl (C=O) groups excluding carboxylic acids is 2. The Labute approximate surface area is 122 Å². The number of fused-ring (bicyclic) bond motifs is 1. The zero-order valence-electron chi connectivity index (χ0n) is 11.7. The average molecular weight is 282 g/mol. The summed E-state index contributed by atoms with van der Waals surface area (Å²) in [7, 11) is 0. The zero-order chi connectivity index (χ0) is 15.0. The summed E-state index contributed by atoms with van der Waals surface area (Å²) in [4.78, 5) is 25.0. The van der Waals surface area contributed by atoms with E-state index < -0.39 is 0 Å². The van der Waals surface area contributed by atoms with E-state index in [-0.39, 0.29) is 29.2 Å². The van der Waals surface area contributed by atoms with E-state index in [2.05, 4.69) is 0 Å². The van der Waals surface area contributed by atoms with E-state index in [0.717, 1.165) is 5.56 Å². The molecule has 0 spiro atoms. The van der Waals surface area contributed by atoms with E-state index in [1.807, 2.05) is 12.2 Å². The third-order valence-electron chi connectivity index (χ3n) is 4.15. The van der Waals surface area contributed by atoms with Gasteiger partial charge in [0.1, 0.15) is 5.82 Å². The van der Waals surface area contributed by atoms with Crippen LogP contribution in [0.5, 0.6) is 0 Å². The molecule has 2 atom stereocenters. The fourth-order valence-corrected chi connectivity index (χ4v) is 2.92. The number of benzene rings is 1. The summed E-state index contributed by atoms with van der Waals surface area (Å²) in [6, 6.07) is 6.03. The number of rotatable bonds is 2. The molecule has 0 saturated heterocycles. The van der Waals surface area contributed by atoms with Crippen LogP contribution < -0.4 is 0 Å². The molecule has 0 aliphatic heterocycles. The molecule has 2 nitrogen and oxygen atoms in total. The highest BCUT2D eigenvalue weighted by atomic mass is 19.1. The Hall–Kier alpha value is -2.29. The Morgan fingerprint density at radius 2 is 1.52 bits per heavy atom. The maximum absolute atomic E-state index is 13.0. The van der Waals surface area contributed by atoms with E-state index >= 15 is 0 Å². The van der Waals surface area contributed by atoms with Crippen molar-refractivity contribution in [3.8, 4) is 0 Å². The topological polar surface area (TPSA) is 34.1 Å². The zero-order valence-corrected chi connectivity index (χ0v) is 11.7. The second kappa shape index (κ2) is 5.24. The van der Waals surface area contributed by atoms with Crippen LogP contribution in [0.1, 0.15) is 12.5 Å².